The molecule has 46 valence electrons. The second kappa shape index (κ2) is 2.65. The number of hydrogen-bond donors (Lipinski definition) is 0. The van der Waals surface area contributed by atoms with Crippen LogP contribution >= 0.6 is 0 Å². The van der Waals surface area contributed by atoms with Crippen LogP contribution in [0.1, 0.15) is 11.1 Å². The van der Waals surface area contributed by atoms with Crippen LogP contribution in [-0.4, -0.2) is 0 Å². The lowest BCUT2D eigenvalue weighted by atomic mass is 10.1. The molecule has 0 saturated heterocycles. The Morgan fingerprint density at radius 1 is 1.33 bits per heavy atom. The summed E-state index contributed by atoms with van der Waals surface area (Å²) in [6.45, 7) is 3.52. The Kier molecular flexibility index (Phi) is 1.85. The van der Waals surface area contributed by atoms with Gasteiger partial charge in [-0.3, -0.25) is 0 Å². The van der Waals surface area contributed by atoms with E-state index in [-0.39, 0.29) is 6.61 Å². The van der Waals surface area contributed by atoms with Gasteiger partial charge in [-0.2, -0.15) is 0 Å². The summed E-state index contributed by atoms with van der Waals surface area (Å²) >= 11 is 0. The highest BCUT2D eigenvalue weighted by Gasteiger charge is 1.91. The SMILES string of the molecule is [CH2]c1ccccc1C[O]. The molecule has 1 aromatic rings. The van der Waals surface area contributed by atoms with Crippen LogP contribution in [0.5, 0.6) is 0 Å². The molecule has 2 radical (unpaired) electrons. The zero-order valence-corrected chi connectivity index (χ0v) is 5.13. The van der Waals surface area contributed by atoms with E-state index in [9.17, 15) is 5.11 Å². The first kappa shape index (κ1) is 6.30. The number of rotatable bonds is 1. The molecule has 0 heterocycles. The van der Waals surface area contributed by atoms with Crippen LogP contribution in [0, 0.1) is 6.92 Å². The number of benzene rings is 1. The first-order valence-electron chi connectivity index (χ1n) is 2.82. The van der Waals surface area contributed by atoms with Crippen molar-refractivity contribution in [1.82, 2.24) is 0 Å². The molecule has 1 heteroatoms. The Labute approximate surface area is 55.0 Å². The van der Waals surface area contributed by atoms with E-state index < -0.39 is 0 Å². The summed E-state index contributed by atoms with van der Waals surface area (Å²) in [5, 5.41) is 10.3. The summed E-state index contributed by atoms with van der Waals surface area (Å²) in [7, 11) is 0. The second-order valence-electron chi connectivity index (χ2n) is 1.91. The Bertz CT molecular complexity index is 194. The highest BCUT2D eigenvalue weighted by molar-refractivity contribution is 5.28. The van der Waals surface area contributed by atoms with E-state index in [2.05, 4.69) is 6.92 Å². The van der Waals surface area contributed by atoms with Crippen LogP contribution in [0.4, 0.5) is 0 Å². The average Bonchev–Trinajstić information content (AvgIpc) is 1.89. The van der Waals surface area contributed by atoms with Crippen molar-refractivity contribution in [3.63, 3.8) is 0 Å². The van der Waals surface area contributed by atoms with Crippen LogP contribution in [0.3, 0.4) is 0 Å². The zero-order valence-electron chi connectivity index (χ0n) is 5.13. The molecule has 1 aromatic carbocycles. The maximum atomic E-state index is 10.3. The summed E-state index contributed by atoms with van der Waals surface area (Å²) < 4.78 is 0. The molecule has 1 nitrogen and oxygen atoms in total. The maximum absolute atomic E-state index is 10.3. The normalized spacial score (nSPS) is 9.56. The van der Waals surface area contributed by atoms with Crippen molar-refractivity contribution in [3.8, 4) is 0 Å². The lowest BCUT2D eigenvalue weighted by Crippen LogP contribution is -1.84. The van der Waals surface area contributed by atoms with Gasteiger partial charge in [-0.1, -0.05) is 24.3 Å². The first-order chi connectivity index (χ1) is 4.34. The van der Waals surface area contributed by atoms with E-state index in [1.807, 2.05) is 18.2 Å². The van der Waals surface area contributed by atoms with Crippen LogP contribution in [0.25, 0.3) is 0 Å². The van der Waals surface area contributed by atoms with Gasteiger partial charge in [0, 0.05) is 0 Å². The molecule has 1 rings (SSSR count). The van der Waals surface area contributed by atoms with Gasteiger partial charge in [0.15, 0.2) is 0 Å². The molecule has 9 heavy (non-hydrogen) atoms. The predicted molar refractivity (Wildman–Crippen MR) is 35.3 cm³/mol. The highest BCUT2D eigenvalue weighted by Crippen LogP contribution is 2.05. The Morgan fingerprint density at radius 2 is 2.00 bits per heavy atom. The third kappa shape index (κ3) is 1.30. The Morgan fingerprint density at radius 3 is 2.44 bits per heavy atom. The first-order valence-corrected chi connectivity index (χ1v) is 2.82. The number of hydrogen-bond acceptors (Lipinski definition) is 0. The minimum atomic E-state index is -0.167. The van der Waals surface area contributed by atoms with Crippen molar-refractivity contribution in [2.45, 2.75) is 6.61 Å². The highest BCUT2D eigenvalue weighted by atomic mass is 16.3. The molecule has 0 amide bonds. The van der Waals surface area contributed by atoms with Gasteiger partial charge in [0.25, 0.3) is 0 Å². The Hall–Kier alpha value is -0.820. The maximum Gasteiger partial charge on any atom is 0.108 e. The van der Waals surface area contributed by atoms with Crippen LogP contribution in [-0.2, 0) is 11.7 Å². The largest absolute Gasteiger partial charge is 0.232 e. The second-order valence-corrected chi connectivity index (χ2v) is 1.91. The lowest BCUT2D eigenvalue weighted by Gasteiger charge is -1.96. The van der Waals surface area contributed by atoms with Crippen molar-refractivity contribution in [2.24, 2.45) is 0 Å². The topological polar surface area (TPSA) is 19.9 Å². The fraction of sp³-hybridized carbons (Fsp3) is 0.125. The fourth-order valence-electron chi connectivity index (χ4n) is 0.698. The summed E-state index contributed by atoms with van der Waals surface area (Å²) in [6, 6.07) is 7.37. The molecule has 0 spiro atoms. The predicted octanol–water partition coefficient (Wildman–Crippen LogP) is 1.80. The Balaban J connectivity index is 3.01. The van der Waals surface area contributed by atoms with Gasteiger partial charge in [-0.15, -0.1) is 0 Å². The molecule has 0 bridgehead atoms. The minimum Gasteiger partial charge on any atom is -0.232 e. The van der Waals surface area contributed by atoms with Crippen molar-refractivity contribution < 1.29 is 5.11 Å². The molecule has 0 unspecified atom stereocenters. The average molecular weight is 120 g/mol. The van der Waals surface area contributed by atoms with Gasteiger partial charge in [-0.25, -0.2) is 5.11 Å². The van der Waals surface area contributed by atoms with E-state index in [0.717, 1.165) is 11.1 Å². The van der Waals surface area contributed by atoms with Crippen molar-refractivity contribution >= 4 is 0 Å². The molecule has 0 saturated carbocycles. The molecular formula is C8H8O. The summed E-state index contributed by atoms with van der Waals surface area (Å²) in [4.78, 5) is 0. The van der Waals surface area contributed by atoms with E-state index in [4.69, 9.17) is 0 Å². The zero-order chi connectivity index (χ0) is 6.69. The molecule has 0 aliphatic heterocycles. The quantitative estimate of drug-likeness (QED) is 0.538. The summed E-state index contributed by atoms with van der Waals surface area (Å²) in [6.07, 6.45) is 0. The van der Waals surface area contributed by atoms with E-state index in [1.165, 1.54) is 0 Å². The van der Waals surface area contributed by atoms with Crippen LogP contribution < -0.4 is 0 Å². The monoisotopic (exact) mass is 120 g/mol. The standard InChI is InChI=1S/C8H8O/c1-7-4-2-3-5-8(7)6-9/h2-5H,1,6H2. The molecule has 0 atom stereocenters. The van der Waals surface area contributed by atoms with Gasteiger partial charge in [0.05, 0.1) is 0 Å². The summed E-state index contributed by atoms with van der Waals surface area (Å²) in [5.41, 5.74) is 1.63. The minimum absolute atomic E-state index is 0.167. The van der Waals surface area contributed by atoms with Crippen molar-refractivity contribution in [3.05, 3.63) is 42.3 Å². The van der Waals surface area contributed by atoms with Gasteiger partial charge in [0.1, 0.15) is 6.61 Å². The van der Waals surface area contributed by atoms with Crippen LogP contribution in [0.15, 0.2) is 24.3 Å². The molecular weight excluding hydrogens is 112 g/mol. The third-order valence-corrected chi connectivity index (χ3v) is 1.27. The third-order valence-electron chi connectivity index (χ3n) is 1.27. The van der Waals surface area contributed by atoms with E-state index in [1.54, 1.807) is 6.07 Å². The summed E-state index contributed by atoms with van der Waals surface area (Å²) in [5.74, 6) is 0. The molecule has 0 aliphatic carbocycles. The van der Waals surface area contributed by atoms with Crippen LogP contribution in [0.2, 0.25) is 0 Å². The van der Waals surface area contributed by atoms with Gasteiger partial charge in [-0.05, 0) is 18.1 Å². The molecule has 0 N–H and O–H groups in total. The van der Waals surface area contributed by atoms with Gasteiger partial charge < -0.3 is 0 Å². The molecule has 0 aromatic heterocycles. The van der Waals surface area contributed by atoms with Crippen molar-refractivity contribution in [2.75, 3.05) is 0 Å². The van der Waals surface area contributed by atoms with E-state index >= 15 is 0 Å². The van der Waals surface area contributed by atoms with Gasteiger partial charge in [0.2, 0.25) is 0 Å². The van der Waals surface area contributed by atoms with Crippen molar-refractivity contribution in [1.29, 1.82) is 0 Å². The van der Waals surface area contributed by atoms with E-state index in [0.29, 0.717) is 0 Å². The lowest BCUT2D eigenvalue weighted by molar-refractivity contribution is 0.177. The smallest absolute Gasteiger partial charge is 0.108 e. The molecule has 0 fully saturated rings. The molecule has 0 aliphatic rings. The fourth-order valence-corrected chi connectivity index (χ4v) is 0.698. The van der Waals surface area contributed by atoms with Gasteiger partial charge >= 0.3 is 0 Å².